The Balaban J connectivity index is 1.63. The van der Waals surface area contributed by atoms with Crippen LogP contribution in [-0.4, -0.2) is 17.9 Å². The summed E-state index contributed by atoms with van der Waals surface area (Å²) in [5.41, 5.74) is 0.268. The zero-order valence-electron chi connectivity index (χ0n) is 14.1. The molecule has 0 bridgehead atoms. The van der Waals surface area contributed by atoms with Crippen LogP contribution in [0.2, 0.25) is 5.02 Å². The van der Waals surface area contributed by atoms with Gasteiger partial charge in [0.15, 0.2) is 5.76 Å². The number of amides is 1. The second-order valence-electron chi connectivity index (χ2n) is 5.73. The Labute approximate surface area is 155 Å². The van der Waals surface area contributed by atoms with Crippen LogP contribution in [-0.2, 0) is 13.2 Å². The smallest absolute Gasteiger partial charge is 0.289 e. The van der Waals surface area contributed by atoms with Gasteiger partial charge in [0, 0.05) is 17.6 Å². The van der Waals surface area contributed by atoms with Gasteiger partial charge < -0.3 is 14.1 Å². The lowest BCUT2D eigenvalue weighted by molar-refractivity contribution is 0.0748. The summed E-state index contributed by atoms with van der Waals surface area (Å²) in [5.74, 6) is 0.577. The summed E-state index contributed by atoms with van der Waals surface area (Å²) in [7, 11) is 1.56. The molecular weight excluding hydrogens is 357 g/mol. The topological polar surface area (TPSA) is 42.7 Å². The van der Waals surface area contributed by atoms with Crippen LogP contribution in [0, 0.1) is 5.82 Å². The molecule has 134 valence electrons. The maximum Gasteiger partial charge on any atom is 0.289 e. The number of hydrogen-bond donors (Lipinski definition) is 0. The summed E-state index contributed by atoms with van der Waals surface area (Å²) in [6.07, 6.45) is 0. The number of rotatable bonds is 6. The predicted octanol–water partition coefficient (Wildman–Crippen LogP) is 4.92. The fraction of sp³-hybridized carbons (Fsp3) is 0.150. The lowest BCUT2D eigenvalue weighted by atomic mass is 10.2. The van der Waals surface area contributed by atoms with Crippen LogP contribution < -0.4 is 4.74 Å². The number of halogens is 2. The SMILES string of the molecule is CN(Cc1c(F)cccc1Cl)C(=O)c1ccc(COc2ccccc2)o1. The predicted molar refractivity (Wildman–Crippen MR) is 96.7 cm³/mol. The molecule has 1 amide bonds. The lowest BCUT2D eigenvalue weighted by Crippen LogP contribution is -2.26. The Kier molecular flexibility index (Phi) is 5.58. The van der Waals surface area contributed by atoms with Gasteiger partial charge in [0.1, 0.15) is 23.9 Å². The van der Waals surface area contributed by atoms with Gasteiger partial charge in [-0.1, -0.05) is 35.9 Å². The Morgan fingerprint density at radius 1 is 1.12 bits per heavy atom. The fourth-order valence-electron chi connectivity index (χ4n) is 2.42. The number of nitrogens with zero attached hydrogens (tertiary/aromatic N) is 1. The van der Waals surface area contributed by atoms with Gasteiger partial charge in [-0.25, -0.2) is 4.39 Å². The van der Waals surface area contributed by atoms with Crippen LogP contribution in [0.4, 0.5) is 4.39 Å². The summed E-state index contributed by atoms with van der Waals surface area (Å²) in [5, 5.41) is 0.279. The highest BCUT2D eigenvalue weighted by atomic mass is 35.5. The van der Waals surface area contributed by atoms with E-state index in [1.807, 2.05) is 30.3 Å². The molecule has 3 aromatic rings. The lowest BCUT2D eigenvalue weighted by Gasteiger charge is -2.17. The van der Waals surface area contributed by atoms with Crippen LogP contribution in [0.3, 0.4) is 0 Å². The van der Waals surface area contributed by atoms with E-state index in [1.165, 1.54) is 17.0 Å². The van der Waals surface area contributed by atoms with Gasteiger partial charge in [-0.05, 0) is 36.4 Å². The molecule has 0 spiro atoms. The van der Waals surface area contributed by atoms with Crippen molar-refractivity contribution in [1.82, 2.24) is 4.90 Å². The maximum atomic E-state index is 13.9. The van der Waals surface area contributed by atoms with Gasteiger partial charge >= 0.3 is 0 Å². The fourth-order valence-corrected chi connectivity index (χ4v) is 2.64. The van der Waals surface area contributed by atoms with Crippen molar-refractivity contribution < 1.29 is 18.3 Å². The first-order valence-electron chi connectivity index (χ1n) is 7.99. The van der Waals surface area contributed by atoms with Gasteiger partial charge in [0.05, 0.1) is 6.54 Å². The van der Waals surface area contributed by atoms with E-state index in [2.05, 4.69) is 0 Å². The minimum absolute atomic E-state index is 0.0425. The Bertz CT molecular complexity index is 875. The molecule has 26 heavy (non-hydrogen) atoms. The molecule has 4 nitrogen and oxygen atoms in total. The number of para-hydroxylation sites is 1. The summed E-state index contributed by atoms with van der Waals surface area (Å²) >= 11 is 6.01. The first kappa shape index (κ1) is 18.0. The summed E-state index contributed by atoms with van der Waals surface area (Å²) < 4.78 is 25.0. The highest BCUT2D eigenvalue weighted by Gasteiger charge is 2.19. The van der Waals surface area contributed by atoms with Crippen molar-refractivity contribution in [3.05, 3.63) is 88.6 Å². The molecule has 2 aromatic carbocycles. The zero-order valence-corrected chi connectivity index (χ0v) is 14.9. The Hall–Kier alpha value is -2.79. The molecule has 0 aliphatic heterocycles. The first-order valence-corrected chi connectivity index (χ1v) is 8.37. The molecule has 0 aliphatic rings. The molecule has 1 heterocycles. The van der Waals surface area contributed by atoms with Gasteiger partial charge in [-0.3, -0.25) is 4.79 Å². The van der Waals surface area contributed by atoms with Crippen molar-refractivity contribution in [1.29, 1.82) is 0 Å². The first-order chi connectivity index (χ1) is 12.5. The molecular formula is C20H17ClFNO3. The summed E-state index contributed by atoms with van der Waals surface area (Å²) in [6, 6.07) is 17.0. The Morgan fingerprint density at radius 2 is 1.88 bits per heavy atom. The van der Waals surface area contributed by atoms with Crippen LogP contribution >= 0.6 is 11.6 Å². The molecule has 0 atom stereocenters. The van der Waals surface area contributed by atoms with E-state index < -0.39 is 5.82 Å². The molecule has 0 saturated carbocycles. The molecule has 6 heteroatoms. The second-order valence-corrected chi connectivity index (χ2v) is 6.14. The van der Waals surface area contributed by atoms with E-state index in [1.54, 1.807) is 25.2 Å². The third kappa shape index (κ3) is 4.24. The standard InChI is InChI=1S/C20H17ClFNO3/c1-23(12-16-17(21)8-5-9-18(16)22)20(24)19-11-10-15(26-19)13-25-14-6-3-2-4-7-14/h2-11H,12-13H2,1H3. The minimum Gasteiger partial charge on any atom is -0.486 e. The van der Waals surface area contributed by atoms with Crippen LogP contribution in [0.15, 0.2) is 65.1 Å². The van der Waals surface area contributed by atoms with E-state index in [0.29, 0.717) is 11.5 Å². The van der Waals surface area contributed by atoms with Gasteiger partial charge in [0.2, 0.25) is 0 Å². The highest BCUT2D eigenvalue weighted by Crippen LogP contribution is 2.21. The van der Waals surface area contributed by atoms with Crippen LogP contribution in [0.25, 0.3) is 0 Å². The van der Waals surface area contributed by atoms with Crippen molar-refractivity contribution in [2.75, 3.05) is 7.05 Å². The molecule has 3 rings (SSSR count). The normalized spacial score (nSPS) is 10.6. The van der Waals surface area contributed by atoms with E-state index in [9.17, 15) is 9.18 Å². The number of benzene rings is 2. The van der Waals surface area contributed by atoms with E-state index in [4.69, 9.17) is 20.8 Å². The second kappa shape index (κ2) is 8.06. The zero-order chi connectivity index (χ0) is 18.5. The number of furan rings is 1. The molecule has 0 fully saturated rings. The van der Waals surface area contributed by atoms with Crippen LogP contribution in [0.1, 0.15) is 21.9 Å². The molecule has 0 N–H and O–H groups in total. The quantitative estimate of drug-likeness (QED) is 0.615. The number of hydrogen-bond acceptors (Lipinski definition) is 3. The van der Waals surface area contributed by atoms with E-state index in [0.717, 1.165) is 0 Å². The molecule has 0 saturated heterocycles. The molecule has 0 radical (unpaired) electrons. The van der Waals surface area contributed by atoms with Crippen molar-refractivity contribution in [2.45, 2.75) is 13.2 Å². The largest absolute Gasteiger partial charge is 0.486 e. The van der Waals surface area contributed by atoms with E-state index >= 15 is 0 Å². The third-order valence-electron chi connectivity index (χ3n) is 3.80. The minimum atomic E-state index is -0.450. The monoisotopic (exact) mass is 373 g/mol. The molecule has 0 aliphatic carbocycles. The van der Waals surface area contributed by atoms with Gasteiger partial charge in [-0.2, -0.15) is 0 Å². The van der Waals surface area contributed by atoms with Crippen molar-refractivity contribution in [3.63, 3.8) is 0 Å². The van der Waals surface area contributed by atoms with Crippen molar-refractivity contribution in [2.24, 2.45) is 0 Å². The summed E-state index contributed by atoms with van der Waals surface area (Å²) in [4.78, 5) is 13.8. The summed E-state index contributed by atoms with van der Waals surface area (Å²) in [6.45, 7) is 0.251. The number of carbonyl (C=O) groups is 1. The van der Waals surface area contributed by atoms with Crippen molar-refractivity contribution in [3.8, 4) is 5.75 Å². The number of carbonyl (C=O) groups excluding carboxylic acids is 1. The molecule has 0 unspecified atom stereocenters. The third-order valence-corrected chi connectivity index (χ3v) is 4.15. The Morgan fingerprint density at radius 3 is 2.62 bits per heavy atom. The molecule has 1 aromatic heterocycles. The van der Waals surface area contributed by atoms with Crippen molar-refractivity contribution >= 4 is 17.5 Å². The number of ether oxygens (including phenoxy) is 1. The van der Waals surface area contributed by atoms with E-state index in [-0.39, 0.29) is 35.4 Å². The average molecular weight is 374 g/mol. The average Bonchev–Trinajstić information content (AvgIpc) is 3.12. The van der Waals surface area contributed by atoms with Gasteiger partial charge in [-0.15, -0.1) is 0 Å². The maximum absolute atomic E-state index is 13.9. The van der Waals surface area contributed by atoms with Gasteiger partial charge in [0.25, 0.3) is 5.91 Å². The van der Waals surface area contributed by atoms with Crippen LogP contribution in [0.5, 0.6) is 5.75 Å². The highest BCUT2D eigenvalue weighted by molar-refractivity contribution is 6.31.